The highest BCUT2D eigenvalue weighted by Crippen LogP contribution is 2.34. The molecule has 1 atom stereocenters. The zero-order valence-electron chi connectivity index (χ0n) is 12.9. The van der Waals surface area contributed by atoms with Crippen molar-refractivity contribution in [3.63, 3.8) is 0 Å². The van der Waals surface area contributed by atoms with Gasteiger partial charge in [-0.3, -0.25) is 4.79 Å². The number of nitrogens with two attached hydrogens (primary N) is 1. The molecule has 1 fully saturated rings. The van der Waals surface area contributed by atoms with Crippen LogP contribution >= 0.6 is 0 Å². The minimum atomic E-state index is -1.88. The quantitative estimate of drug-likeness (QED) is 0.899. The molecule has 1 unspecified atom stereocenters. The molecular weight excluding hydrogens is 294 g/mol. The molecule has 1 heterocycles. The van der Waals surface area contributed by atoms with E-state index < -0.39 is 17.3 Å². The van der Waals surface area contributed by atoms with Gasteiger partial charge in [-0.15, -0.1) is 0 Å². The Labute approximate surface area is 134 Å². The van der Waals surface area contributed by atoms with Gasteiger partial charge >= 0.3 is 0 Å². The van der Waals surface area contributed by atoms with Crippen LogP contribution in [0.4, 0.5) is 0 Å². The smallest absolute Gasteiger partial charge is 0.258 e. The van der Waals surface area contributed by atoms with E-state index in [1.165, 1.54) is 0 Å². The molecular formula is C18H19NO4. The molecule has 5 heteroatoms. The number of rotatable bonds is 4. The summed E-state index contributed by atoms with van der Waals surface area (Å²) >= 11 is 0. The van der Waals surface area contributed by atoms with Crippen molar-refractivity contribution in [2.75, 3.05) is 13.2 Å². The van der Waals surface area contributed by atoms with Gasteiger partial charge in [-0.2, -0.15) is 0 Å². The van der Waals surface area contributed by atoms with Crippen LogP contribution in [0.5, 0.6) is 0 Å². The lowest BCUT2D eigenvalue weighted by atomic mass is 9.85. The van der Waals surface area contributed by atoms with E-state index in [4.69, 9.17) is 15.2 Å². The van der Waals surface area contributed by atoms with Gasteiger partial charge in [0.25, 0.3) is 5.91 Å². The van der Waals surface area contributed by atoms with Gasteiger partial charge in [0.1, 0.15) is 0 Å². The fourth-order valence-electron chi connectivity index (χ4n) is 2.83. The van der Waals surface area contributed by atoms with E-state index in [1.807, 2.05) is 13.0 Å². The number of carbonyl (C=O) groups excluding carboxylic acids is 1. The second-order valence-corrected chi connectivity index (χ2v) is 5.66. The SMILES string of the molecule is CC1(c2ccc(C(O)(C(N)=O)c3ccccc3)cc2)OCCO1. The van der Waals surface area contributed by atoms with E-state index in [0.29, 0.717) is 24.3 Å². The fraction of sp³-hybridized carbons (Fsp3) is 0.278. The molecule has 3 rings (SSSR count). The molecule has 23 heavy (non-hydrogen) atoms. The third-order valence-corrected chi connectivity index (χ3v) is 4.21. The first-order chi connectivity index (χ1) is 11.0. The Morgan fingerprint density at radius 2 is 1.57 bits per heavy atom. The third kappa shape index (κ3) is 2.63. The Bertz CT molecular complexity index is 693. The minimum absolute atomic E-state index is 0.404. The number of amides is 1. The average molecular weight is 313 g/mol. The molecule has 0 spiro atoms. The summed E-state index contributed by atoms with van der Waals surface area (Å²) < 4.78 is 11.2. The number of primary amides is 1. The van der Waals surface area contributed by atoms with Gasteiger partial charge in [0, 0.05) is 5.56 Å². The molecule has 1 aliphatic heterocycles. The Balaban J connectivity index is 2.00. The first-order valence-corrected chi connectivity index (χ1v) is 7.43. The lowest BCUT2D eigenvalue weighted by molar-refractivity contribution is -0.149. The summed E-state index contributed by atoms with van der Waals surface area (Å²) in [6.45, 7) is 2.91. The fourth-order valence-corrected chi connectivity index (χ4v) is 2.83. The van der Waals surface area contributed by atoms with Crippen molar-refractivity contribution in [1.29, 1.82) is 0 Å². The van der Waals surface area contributed by atoms with Gasteiger partial charge in [0.15, 0.2) is 11.4 Å². The van der Waals surface area contributed by atoms with Crippen LogP contribution in [0.3, 0.4) is 0 Å². The van der Waals surface area contributed by atoms with Gasteiger partial charge in [-0.25, -0.2) is 0 Å². The lowest BCUT2D eigenvalue weighted by Gasteiger charge is -2.27. The summed E-state index contributed by atoms with van der Waals surface area (Å²) in [6, 6.07) is 15.5. The van der Waals surface area contributed by atoms with Gasteiger partial charge in [0.2, 0.25) is 0 Å². The average Bonchev–Trinajstić information content (AvgIpc) is 3.03. The molecule has 2 aromatic carbocycles. The first-order valence-electron chi connectivity index (χ1n) is 7.43. The van der Waals surface area contributed by atoms with E-state index in [-0.39, 0.29) is 0 Å². The Kier molecular flexibility index (Phi) is 3.93. The van der Waals surface area contributed by atoms with Crippen LogP contribution in [0.25, 0.3) is 0 Å². The van der Waals surface area contributed by atoms with E-state index in [9.17, 15) is 9.90 Å². The minimum Gasteiger partial charge on any atom is -0.372 e. The van der Waals surface area contributed by atoms with Crippen LogP contribution in [-0.2, 0) is 25.7 Å². The molecule has 120 valence electrons. The molecule has 1 aliphatic rings. The molecule has 0 bridgehead atoms. The highest BCUT2D eigenvalue weighted by molar-refractivity contribution is 5.88. The second kappa shape index (κ2) is 5.77. The maximum atomic E-state index is 11.9. The highest BCUT2D eigenvalue weighted by Gasteiger charge is 2.39. The Morgan fingerprint density at radius 3 is 2.09 bits per heavy atom. The van der Waals surface area contributed by atoms with Crippen molar-refractivity contribution in [1.82, 2.24) is 0 Å². The molecule has 2 aromatic rings. The van der Waals surface area contributed by atoms with Crippen LogP contribution in [0.15, 0.2) is 54.6 Å². The van der Waals surface area contributed by atoms with Crippen LogP contribution in [0, 0.1) is 0 Å². The molecule has 0 radical (unpaired) electrons. The standard InChI is InChI=1S/C18H19NO4/c1-17(22-11-12-23-17)13-7-9-15(10-8-13)18(21,16(19)20)14-5-3-2-4-6-14/h2-10,21H,11-12H2,1H3,(H2,19,20). The number of hydrogen-bond donors (Lipinski definition) is 2. The van der Waals surface area contributed by atoms with Crippen molar-refractivity contribution >= 4 is 5.91 Å². The molecule has 3 N–H and O–H groups in total. The van der Waals surface area contributed by atoms with E-state index >= 15 is 0 Å². The molecule has 1 amide bonds. The molecule has 1 saturated heterocycles. The molecule has 0 saturated carbocycles. The number of ether oxygens (including phenoxy) is 2. The maximum absolute atomic E-state index is 11.9. The van der Waals surface area contributed by atoms with Crippen molar-refractivity contribution in [3.05, 3.63) is 71.3 Å². The predicted octanol–water partition coefficient (Wildman–Crippen LogP) is 1.63. The van der Waals surface area contributed by atoms with Crippen LogP contribution in [-0.4, -0.2) is 24.2 Å². The molecule has 0 aromatic heterocycles. The van der Waals surface area contributed by atoms with Crippen molar-refractivity contribution in [2.24, 2.45) is 5.73 Å². The topological polar surface area (TPSA) is 81.8 Å². The van der Waals surface area contributed by atoms with Gasteiger partial charge in [-0.1, -0.05) is 54.6 Å². The van der Waals surface area contributed by atoms with E-state index in [2.05, 4.69) is 0 Å². The maximum Gasteiger partial charge on any atom is 0.258 e. The largest absolute Gasteiger partial charge is 0.372 e. The number of carbonyl (C=O) groups is 1. The summed E-state index contributed by atoms with van der Waals surface area (Å²) in [6.07, 6.45) is 0. The van der Waals surface area contributed by atoms with Gasteiger partial charge < -0.3 is 20.3 Å². The summed E-state index contributed by atoms with van der Waals surface area (Å²) in [5, 5.41) is 10.9. The van der Waals surface area contributed by atoms with Crippen molar-refractivity contribution in [2.45, 2.75) is 18.3 Å². The van der Waals surface area contributed by atoms with Crippen molar-refractivity contribution in [3.8, 4) is 0 Å². The molecule has 0 aliphatic carbocycles. The predicted molar refractivity (Wildman–Crippen MR) is 84.3 cm³/mol. The first kappa shape index (κ1) is 15.7. The summed E-state index contributed by atoms with van der Waals surface area (Å²) in [7, 11) is 0. The number of benzene rings is 2. The zero-order chi connectivity index (χ0) is 16.5. The monoisotopic (exact) mass is 313 g/mol. The van der Waals surface area contributed by atoms with Gasteiger partial charge in [-0.05, 0) is 18.1 Å². The van der Waals surface area contributed by atoms with E-state index in [1.54, 1.807) is 48.5 Å². The Morgan fingerprint density at radius 1 is 1.04 bits per heavy atom. The van der Waals surface area contributed by atoms with E-state index in [0.717, 1.165) is 5.56 Å². The van der Waals surface area contributed by atoms with Crippen LogP contribution in [0.1, 0.15) is 23.6 Å². The van der Waals surface area contributed by atoms with Crippen LogP contribution < -0.4 is 5.73 Å². The Hall–Kier alpha value is -2.21. The zero-order valence-corrected chi connectivity index (χ0v) is 12.9. The second-order valence-electron chi connectivity index (χ2n) is 5.66. The summed E-state index contributed by atoms with van der Waals surface area (Å²) in [5.41, 5.74) is 5.26. The summed E-state index contributed by atoms with van der Waals surface area (Å²) in [5.74, 6) is -1.62. The van der Waals surface area contributed by atoms with Crippen LogP contribution in [0.2, 0.25) is 0 Å². The molecule has 5 nitrogen and oxygen atoms in total. The number of aliphatic hydroxyl groups is 1. The normalized spacial score (nSPS) is 19.2. The lowest BCUT2D eigenvalue weighted by Crippen LogP contribution is -2.42. The third-order valence-electron chi connectivity index (χ3n) is 4.21. The summed E-state index contributed by atoms with van der Waals surface area (Å²) in [4.78, 5) is 11.9. The van der Waals surface area contributed by atoms with Gasteiger partial charge in [0.05, 0.1) is 13.2 Å². The van der Waals surface area contributed by atoms with Crippen molar-refractivity contribution < 1.29 is 19.4 Å². The highest BCUT2D eigenvalue weighted by atomic mass is 16.7. The number of hydrogen-bond acceptors (Lipinski definition) is 4.